The van der Waals surface area contributed by atoms with Crippen LogP contribution in [-0.2, 0) is 0 Å². The summed E-state index contributed by atoms with van der Waals surface area (Å²) in [6.07, 6.45) is 0. The Bertz CT molecular complexity index is 1390. The summed E-state index contributed by atoms with van der Waals surface area (Å²) in [4.78, 5) is 16.4. The molecule has 0 radical (unpaired) electrons. The summed E-state index contributed by atoms with van der Waals surface area (Å²) < 4.78 is 5.14. The van der Waals surface area contributed by atoms with Gasteiger partial charge >= 0.3 is 29.6 Å². The summed E-state index contributed by atoms with van der Waals surface area (Å²) in [5, 5.41) is 19.0. The van der Waals surface area contributed by atoms with Gasteiger partial charge in [-0.15, -0.1) is 0 Å². The number of methoxy groups -OCH3 is 1. The van der Waals surface area contributed by atoms with Gasteiger partial charge in [0, 0.05) is 32.9 Å². The van der Waals surface area contributed by atoms with Gasteiger partial charge in [0.05, 0.1) is 12.6 Å². The molecule has 0 unspecified atom stereocenters. The van der Waals surface area contributed by atoms with Gasteiger partial charge in [0.25, 0.3) is 5.91 Å². The molecule has 0 saturated carbocycles. The van der Waals surface area contributed by atoms with Gasteiger partial charge in [0.2, 0.25) is 0 Å². The number of ether oxygens (including phenoxy) is 1. The predicted molar refractivity (Wildman–Crippen MR) is 114 cm³/mol. The number of amides is 1. The van der Waals surface area contributed by atoms with Crippen LogP contribution < -0.4 is 44.7 Å². The molecule has 4 aromatic carbocycles. The third-order valence-electron chi connectivity index (χ3n) is 5.21. The van der Waals surface area contributed by atoms with E-state index >= 15 is 0 Å². The molecule has 0 atom stereocenters. The van der Waals surface area contributed by atoms with Gasteiger partial charge in [-0.1, -0.05) is 48.2 Å². The van der Waals surface area contributed by atoms with Crippen molar-refractivity contribution in [3.8, 4) is 11.5 Å². The first-order valence-electron chi connectivity index (χ1n) is 9.24. The van der Waals surface area contributed by atoms with E-state index in [1.807, 2.05) is 30.3 Å². The minimum atomic E-state index is -0.429. The number of carbonyl (C=O) groups is 1. The molecule has 0 aliphatic heterocycles. The molecule has 2 N–H and O–H groups in total. The van der Waals surface area contributed by atoms with Crippen LogP contribution in [0, 0.1) is 0 Å². The molecule has 1 heterocycles. The van der Waals surface area contributed by atoms with Crippen LogP contribution in [0.4, 0.5) is 5.69 Å². The number of nitrogens with one attached hydrogen (secondary N) is 2. The zero-order valence-corrected chi connectivity index (χ0v) is 18.7. The van der Waals surface area contributed by atoms with E-state index in [9.17, 15) is 9.90 Å². The van der Waals surface area contributed by atoms with Crippen LogP contribution in [0.1, 0.15) is 10.4 Å². The number of hydrogen-bond acceptors (Lipinski definition) is 3. The fraction of sp³-hybridized carbons (Fsp3) is 0.0417. The van der Waals surface area contributed by atoms with Gasteiger partial charge < -0.3 is 20.1 Å². The molecule has 0 aliphatic rings. The fourth-order valence-corrected chi connectivity index (χ4v) is 3.81. The number of carbonyl (C=O) groups excluding carboxylic acids is 1. The average molecular weight is 404 g/mol. The van der Waals surface area contributed by atoms with E-state index in [1.54, 1.807) is 37.4 Å². The Morgan fingerprint density at radius 1 is 0.867 bits per heavy atom. The van der Waals surface area contributed by atoms with E-state index in [2.05, 4.69) is 16.4 Å². The first-order valence-corrected chi connectivity index (χ1v) is 9.24. The molecule has 0 fully saturated rings. The molecule has 6 heteroatoms. The van der Waals surface area contributed by atoms with Gasteiger partial charge in [0.1, 0.15) is 5.75 Å². The topological polar surface area (TPSA) is 77.2 Å². The second kappa shape index (κ2) is 8.03. The monoisotopic (exact) mass is 404 g/mol. The van der Waals surface area contributed by atoms with E-state index < -0.39 is 5.91 Å². The normalized spacial score (nSPS) is 10.8. The molecule has 0 spiro atoms. The number of H-pyrrole nitrogens is 1. The fourth-order valence-electron chi connectivity index (χ4n) is 3.81. The predicted octanol–water partition coefficient (Wildman–Crippen LogP) is 1.81. The van der Waals surface area contributed by atoms with E-state index in [4.69, 9.17) is 4.74 Å². The number of fused-ring (bicyclic) bond motifs is 5. The third kappa shape index (κ3) is 3.31. The summed E-state index contributed by atoms with van der Waals surface area (Å²) in [5.41, 5.74) is 2.67. The van der Waals surface area contributed by atoms with Crippen LogP contribution in [0.5, 0.6) is 11.5 Å². The average Bonchev–Trinajstić information content (AvgIpc) is 3.13. The summed E-state index contributed by atoms with van der Waals surface area (Å²) in [7, 11) is 1.58. The van der Waals surface area contributed by atoms with Crippen molar-refractivity contribution in [1.82, 2.24) is 4.98 Å². The Morgan fingerprint density at radius 2 is 1.53 bits per heavy atom. The maximum absolute atomic E-state index is 13.0. The summed E-state index contributed by atoms with van der Waals surface area (Å²) in [6, 6.07) is 22.1. The van der Waals surface area contributed by atoms with E-state index in [0.717, 1.165) is 27.2 Å². The van der Waals surface area contributed by atoms with Crippen molar-refractivity contribution in [1.29, 1.82) is 0 Å². The Kier molecular flexibility index (Phi) is 5.43. The number of para-hydroxylation sites is 1. The van der Waals surface area contributed by atoms with Gasteiger partial charge in [-0.3, -0.25) is 4.79 Å². The maximum atomic E-state index is 13.0. The van der Waals surface area contributed by atoms with Crippen LogP contribution >= 0.6 is 0 Å². The Hall–Kier alpha value is -2.99. The first-order chi connectivity index (χ1) is 14.2. The van der Waals surface area contributed by atoms with Crippen molar-refractivity contribution in [2.24, 2.45) is 0 Å². The van der Waals surface area contributed by atoms with Crippen molar-refractivity contribution >= 4 is 44.2 Å². The molecular formula is C24H17N2NaO3. The molecule has 30 heavy (non-hydrogen) atoms. The first kappa shape index (κ1) is 20.3. The molecule has 0 bridgehead atoms. The molecule has 5 nitrogen and oxygen atoms in total. The smallest absolute Gasteiger partial charge is 0.872 e. The standard InChI is InChI=1S/C24H18N2O3.Na/c1-29-15-8-6-14(7-9-15)25-24(28)22-17-10-11-18-16-4-2-3-5-20(16)26-23(18)19(17)12-13-21(22)27;/h2-13,26-27H,1H3,(H,25,28);/q;+1/p-1. The number of benzene rings is 4. The Balaban J connectivity index is 0.00000218. The van der Waals surface area contributed by atoms with Gasteiger partial charge in [0.15, 0.2) is 0 Å². The van der Waals surface area contributed by atoms with Crippen molar-refractivity contribution in [2.45, 2.75) is 0 Å². The second-order valence-electron chi connectivity index (χ2n) is 6.88. The molecule has 142 valence electrons. The van der Waals surface area contributed by atoms with Crippen LogP contribution in [0.2, 0.25) is 0 Å². The molecule has 5 rings (SSSR count). The number of anilines is 1. The molecule has 5 aromatic rings. The molecular weight excluding hydrogens is 387 g/mol. The maximum Gasteiger partial charge on any atom is 1.00 e. The quantitative estimate of drug-likeness (QED) is 0.451. The van der Waals surface area contributed by atoms with Gasteiger partial charge in [-0.25, -0.2) is 0 Å². The number of rotatable bonds is 3. The van der Waals surface area contributed by atoms with Crippen molar-refractivity contribution in [3.63, 3.8) is 0 Å². The second-order valence-corrected chi connectivity index (χ2v) is 6.88. The third-order valence-corrected chi connectivity index (χ3v) is 5.21. The Morgan fingerprint density at radius 3 is 2.30 bits per heavy atom. The zero-order valence-electron chi connectivity index (χ0n) is 16.7. The number of aromatic nitrogens is 1. The van der Waals surface area contributed by atoms with E-state index in [-0.39, 0.29) is 40.9 Å². The SMILES string of the molecule is COc1ccc(NC(=O)c2c([O-])ccc3c2ccc2c4ccccc4[nH]c32)cc1.[Na+]. The van der Waals surface area contributed by atoms with Gasteiger partial charge in [-0.05, 0) is 35.7 Å². The van der Waals surface area contributed by atoms with Crippen molar-refractivity contribution in [3.05, 3.63) is 78.4 Å². The van der Waals surface area contributed by atoms with Crippen molar-refractivity contribution in [2.75, 3.05) is 12.4 Å². The zero-order chi connectivity index (χ0) is 20.0. The summed E-state index contributed by atoms with van der Waals surface area (Å²) in [6.45, 7) is 0. The van der Waals surface area contributed by atoms with Crippen LogP contribution in [0.25, 0.3) is 32.6 Å². The molecule has 1 amide bonds. The summed E-state index contributed by atoms with van der Waals surface area (Å²) in [5.74, 6) is -0.0425. The minimum absolute atomic E-state index is 0. The molecule has 1 aromatic heterocycles. The van der Waals surface area contributed by atoms with Crippen LogP contribution in [0.3, 0.4) is 0 Å². The molecule has 0 aliphatic carbocycles. The molecule has 0 saturated heterocycles. The Labute approximate surface area is 195 Å². The van der Waals surface area contributed by atoms with Gasteiger partial charge in [-0.2, -0.15) is 0 Å². The largest absolute Gasteiger partial charge is 1.00 e. The van der Waals surface area contributed by atoms with Crippen LogP contribution in [0.15, 0.2) is 72.8 Å². The number of aromatic amines is 1. The number of hydrogen-bond donors (Lipinski definition) is 2. The summed E-state index contributed by atoms with van der Waals surface area (Å²) >= 11 is 0. The minimum Gasteiger partial charge on any atom is -0.872 e. The van der Waals surface area contributed by atoms with Crippen molar-refractivity contribution < 1.29 is 44.2 Å². The van der Waals surface area contributed by atoms with E-state index in [0.29, 0.717) is 16.8 Å². The van der Waals surface area contributed by atoms with Crippen LogP contribution in [-0.4, -0.2) is 18.0 Å². The van der Waals surface area contributed by atoms with E-state index in [1.165, 1.54) is 6.07 Å².